The van der Waals surface area contributed by atoms with Gasteiger partial charge in [0.1, 0.15) is 11.2 Å². The summed E-state index contributed by atoms with van der Waals surface area (Å²) in [5.74, 6) is -1.05. The van der Waals surface area contributed by atoms with Gasteiger partial charge in [0.05, 0.1) is 28.0 Å². The van der Waals surface area contributed by atoms with E-state index in [4.69, 9.17) is 23.2 Å². The number of hydrogen-bond donors (Lipinski definition) is 4. The van der Waals surface area contributed by atoms with E-state index >= 15 is 0 Å². The molecule has 13 heteroatoms. The number of carbonyl (C=O) groups excluding carboxylic acids is 4. The van der Waals surface area contributed by atoms with Crippen LogP contribution in [0, 0.1) is 0 Å². The van der Waals surface area contributed by atoms with Crippen LogP contribution < -0.4 is 16.0 Å². The van der Waals surface area contributed by atoms with Crippen molar-refractivity contribution in [1.29, 1.82) is 0 Å². The zero-order chi connectivity index (χ0) is 30.7. The molecule has 1 aromatic heterocycles. The summed E-state index contributed by atoms with van der Waals surface area (Å²) in [4.78, 5) is 60.8. The summed E-state index contributed by atoms with van der Waals surface area (Å²) >= 11 is 12.3. The van der Waals surface area contributed by atoms with Gasteiger partial charge in [0.15, 0.2) is 0 Å². The molecule has 5 amide bonds. The van der Waals surface area contributed by atoms with Crippen molar-refractivity contribution in [3.05, 3.63) is 45.7 Å². The Morgan fingerprint density at radius 1 is 1.07 bits per heavy atom. The van der Waals surface area contributed by atoms with Crippen molar-refractivity contribution >= 4 is 58.3 Å². The summed E-state index contributed by atoms with van der Waals surface area (Å²) in [6.07, 6.45) is 0. The Kier molecular flexibility index (Phi) is 9.99. The topological polar surface area (TPSA) is 130 Å². The van der Waals surface area contributed by atoms with Crippen LogP contribution in [0.3, 0.4) is 0 Å². The van der Waals surface area contributed by atoms with Crippen LogP contribution in [0.4, 0.5) is 16.2 Å². The second-order valence-electron chi connectivity index (χ2n) is 11.8. The van der Waals surface area contributed by atoms with Gasteiger partial charge in [-0.1, -0.05) is 50.0 Å². The van der Waals surface area contributed by atoms with Crippen LogP contribution in [-0.4, -0.2) is 95.8 Å². The number of benzene rings is 1. The zero-order valence-electron chi connectivity index (χ0n) is 24.6. The first-order chi connectivity index (χ1) is 19.0. The molecule has 0 spiro atoms. The number of rotatable bonds is 8. The summed E-state index contributed by atoms with van der Waals surface area (Å²) in [5.41, 5.74) is -0.190. The number of carbonyl (C=O) groups is 4. The number of H-pyrrole nitrogens is 1. The number of urea groups is 1. The molecule has 2 aromatic rings. The molecule has 0 atom stereocenters. The van der Waals surface area contributed by atoms with Crippen LogP contribution in [0.25, 0.3) is 0 Å². The van der Waals surface area contributed by atoms with Gasteiger partial charge < -0.3 is 35.6 Å². The van der Waals surface area contributed by atoms with Gasteiger partial charge in [0.2, 0.25) is 11.8 Å². The second kappa shape index (κ2) is 12.7. The minimum absolute atomic E-state index is 0.0898. The van der Waals surface area contributed by atoms with Crippen molar-refractivity contribution in [2.75, 3.05) is 57.5 Å². The lowest BCUT2D eigenvalue weighted by Gasteiger charge is -2.45. The highest BCUT2D eigenvalue weighted by molar-refractivity contribution is 6.44. The van der Waals surface area contributed by atoms with Gasteiger partial charge in [0.25, 0.3) is 5.91 Å². The number of anilines is 2. The molecule has 1 aliphatic heterocycles. The van der Waals surface area contributed by atoms with Crippen LogP contribution >= 0.6 is 23.2 Å². The van der Waals surface area contributed by atoms with Crippen LogP contribution in [-0.2, 0) is 15.0 Å². The van der Waals surface area contributed by atoms with E-state index in [-0.39, 0.29) is 58.3 Å². The van der Waals surface area contributed by atoms with E-state index in [1.54, 1.807) is 38.1 Å². The van der Waals surface area contributed by atoms with Gasteiger partial charge >= 0.3 is 6.03 Å². The summed E-state index contributed by atoms with van der Waals surface area (Å²) in [5, 5.41) is 8.68. The summed E-state index contributed by atoms with van der Waals surface area (Å²) < 4.78 is 0. The molecule has 41 heavy (non-hydrogen) atoms. The van der Waals surface area contributed by atoms with E-state index in [0.29, 0.717) is 24.5 Å². The number of nitrogens with one attached hydrogen (secondary N) is 4. The van der Waals surface area contributed by atoms with Gasteiger partial charge in [-0.05, 0) is 46.1 Å². The third-order valence-corrected chi connectivity index (χ3v) is 7.65. The molecule has 0 unspecified atom stereocenters. The molecule has 11 nitrogen and oxygen atoms in total. The standard InChI is InChI=1S/C28H39Cl2N7O4/c1-27(2,3)20-15-19(33-26(41)32-18-10-8-9-17(29)22(18)30)23(34-20)24(39)37-14-13-36(25(40)28(37,4)5)16-21(38)31-11-12-35(6)7/h8-10,15,34H,11-14,16H2,1-7H3,(H,31,38)(H2,32,33,41). The van der Waals surface area contributed by atoms with Crippen LogP contribution in [0.1, 0.15) is 50.8 Å². The number of likely N-dealkylation sites (N-methyl/N-ethyl adjacent to an activating group) is 1. The molecule has 1 aliphatic rings. The quantitative estimate of drug-likeness (QED) is 0.360. The minimum Gasteiger partial charge on any atom is -0.353 e. The Balaban J connectivity index is 1.80. The van der Waals surface area contributed by atoms with Crippen molar-refractivity contribution in [3.8, 4) is 0 Å². The Morgan fingerprint density at radius 2 is 1.73 bits per heavy atom. The lowest BCUT2D eigenvalue weighted by molar-refractivity contribution is -0.149. The van der Waals surface area contributed by atoms with E-state index in [9.17, 15) is 19.2 Å². The fourth-order valence-electron chi connectivity index (χ4n) is 4.40. The molecule has 0 radical (unpaired) electrons. The molecule has 1 saturated heterocycles. The number of aromatic nitrogens is 1. The maximum Gasteiger partial charge on any atom is 0.323 e. The number of amides is 5. The van der Waals surface area contributed by atoms with Crippen molar-refractivity contribution in [2.45, 2.75) is 45.6 Å². The lowest BCUT2D eigenvalue weighted by atomic mass is 9.92. The molecule has 0 saturated carbocycles. The maximum atomic E-state index is 13.9. The first kappa shape index (κ1) is 32.2. The first-order valence-electron chi connectivity index (χ1n) is 13.3. The van der Waals surface area contributed by atoms with Gasteiger partial charge in [-0.15, -0.1) is 0 Å². The van der Waals surface area contributed by atoms with Gasteiger partial charge in [-0.2, -0.15) is 0 Å². The molecule has 1 aromatic carbocycles. The average molecular weight is 609 g/mol. The van der Waals surface area contributed by atoms with Crippen LogP contribution in [0.15, 0.2) is 24.3 Å². The lowest BCUT2D eigenvalue weighted by Crippen LogP contribution is -2.65. The number of piperazine rings is 1. The van der Waals surface area contributed by atoms with E-state index in [0.717, 1.165) is 0 Å². The molecule has 0 aliphatic carbocycles. The van der Waals surface area contributed by atoms with Crippen LogP contribution in [0.5, 0.6) is 0 Å². The Bertz CT molecular complexity index is 1320. The number of aromatic amines is 1. The number of nitrogens with zero attached hydrogens (tertiary/aromatic N) is 3. The molecular weight excluding hydrogens is 569 g/mol. The largest absolute Gasteiger partial charge is 0.353 e. The van der Waals surface area contributed by atoms with Gasteiger partial charge in [-0.3, -0.25) is 14.4 Å². The summed E-state index contributed by atoms with van der Waals surface area (Å²) in [6, 6.07) is 5.94. The van der Waals surface area contributed by atoms with Crippen LogP contribution in [0.2, 0.25) is 10.0 Å². The summed E-state index contributed by atoms with van der Waals surface area (Å²) in [7, 11) is 3.82. The molecule has 3 rings (SSSR count). The molecular formula is C28H39Cl2N7O4. The molecule has 224 valence electrons. The van der Waals surface area contributed by atoms with E-state index in [1.807, 2.05) is 39.8 Å². The number of halogens is 2. The van der Waals surface area contributed by atoms with E-state index in [2.05, 4.69) is 20.9 Å². The SMILES string of the molecule is CN(C)CCNC(=O)CN1CCN(C(=O)c2[nH]c(C(C)(C)C)cc2NC(=O)Nc2cccc(Cl)c2Cl)C(C)(C)C1=O. The highest BCUT2D eigenvalue weighted by Crippen LogP contribution is 2.32. The van der Waals surface area contributed by atoms with Gasteiger partial charge in [-0.25, -0.2) is 4.79 Å². The average Bonchev–Trinajstić information content (AvgIpc) is 3.28. The zero-order valence-corrected chi connectivity index (χ0v) is 26.1. The van der Waals surface area contributed by atoms with Gasteiger partial charge in [0, 0.05) is 37.3 Å². The van der Waals surface area contributed by atoms with Crippen molar-refractivity contribution in [2.24, 2.45) is 0 Å². The fourth-order valence-corrected chi connectivity index (χ4v) is 4.74. The van der Waals surface area contributed by atoms with Crippen molar-refractivity contribution in [1.82, 2.24) is 25.0 Å². The molecule has 0 bridgehead atoms. The minimum atomic E-state index is -1.24. The highest BCUT2D eigenvalue weighted by Gasteiger charge is 2.45. The predicted molar refractivity (Wildman–Crippen MR) is 162 cm³/mol. The molecule has 4 N–H and O–H groups in total. The second-order valence-corrected chi connectivity index (χ2v) is 12.6. The van der Waals surface area contributed by atoms with Crippen molar-refractivity contribution in [3.63, 3.8) is 0 Å². The monoisotopic (exact) mass is 607 g/mol. The highest BCUT2D eigenvalue weighted by atomic mass is 35.5. The smallest absolute Gasteiger partial charge is 0.323 e. The summed E-state index contributed by atoms with van der Waals surface area (Å²) in [6.45, 7) is 10.7. The van der Waals surface area contributed by atoms with E-state index in [1.165, 1.54) is 9.80 Å². The normalized spacial score (nSPS) is 15.2. The molecule has 2 heterocycles. The Hall–Kier alpha value is -3.28. The Morgan fingerprint density at radius 3 is 2.37 bits per heavy atom. The third-order valence-electron chi connectivity index (χ3n) is 6.83. The third kappa shape index (κ3) is 7.72. The van der Waals surface area contributed by atoms with E-state index < -0.39 is 17.5 Å². The molecule has 1 fully saturated rings. The Labute approximate surface area is 250 Å². The maximum absolute atomic E-state index is 13.9. The predicted octanol–water partition coefficient (Wildman–Crippen LogP) is 4.00. The fraction of sp³-hybridized carbons (Fsp3) is 0.500. The van der Waals surface area contributed by atoms with Crippen molar-refractivity contribution < 1.29 is 19.2 Å². The number of hydrogen-bond acceptors (Lipinski definition) is 5. The first-order valence-corrected chi connectivity index (χ1v) is 14.1.